The molecule has 0 amide bonds. The van der Waals surface area contributed by atoms with Crippen LogP contribution in [0, 0.1) is 5.92 Å². The van der Waals surface area contributed by atoms with Crippen molar-refractivity contribution in [3.63, 3.8) is 0 Å². The van der Waals surface area contributed by atoms with Gasteiger partial charge in [-0.05, 0) is 24.5 Å². The van der Waals surface area contributed by atoms with Gasteiger partial charge in [-0.15, -0.1) is 0 Å². The van der Waals surface area contributed by atoms with Gasteiger partial charge in [0.2, 0.25) is 0 Å². The molecule has 1 aromatic carbocycles. The first kappa shape index (κ1) is 11.1. The molecule has 0 spiro atoms. The SMILES string of the molecule is CC(=CC(=S)c1ccccc1)C(C)C. The summed E-state index contributed by atoms with van der Waals surface area (Å²) >= 11 is 5.34. The monoisotopic (exact) mass is 204 g/mol. The minimum Gasteiger partial charge on any atom is -0.0795 e. The van der Waals surface area contributed by atoms with E-state index in [-0.39, 0.29) is 0 Å². The molecule has 0 saturated heterocycles. The van der Waals surface area contributed by atoms with Gasteiger partial charge in [0.1, 0.15) is 0 Å². The predicted molar refractivity (Wildman–Crippen MR) is 66.7 cm³/mol. The first-order valence-corrected chi connectivity index (χ1v) is 5.29. The molecule has 0 unspecified atom stereocenters. The first-order chi connectivity index (χ1) is 6.61. The van der Waals surface area contributed by atoms with Crippen molar-refractivity contribution in [2.24, 2.45) is 5.92 Å². The summed E-state index contributed by atoms with van der Waals surface area (Å²) in [6.45, 7) is 6.48. The predicted octanol–water partition coefficient (Wildman–Crippen LogP) is 4.01. The van der Waals surface area contributed by atoms with E-state index < -0.39 is 0 Å². The molecule has 0 fully saturated rings. The molecule has 14 heavy (non-hydrogen) atoms. The van der Waals surface area contributed by atoms with Gasteiger partial charge in [-0.25, -0.2) is 0 Å². The van der Waals surface area contributed by atoms with Crippen molar-refractivity contribution in [3.8, 4) is 0 Å². The minimum atomic E-state index is 0.566. The largest absolute Gasteiger partial charge is 0.0795 e. The van der Waals surface area contributed by atoms with E-state index in [0.29, 0.717) is 5.92 Å². The van der Waals surface area contributed by atoms with Crippen molar-refractivity contribution in [1.29, 1.82) is 0 Å². The topological polar surface area (TPSA) is 0 Å². The van der Waals surface area contributed by atoms with E-state index in [4.69, 9.17) is 12.2 Å². The fraction of sp³-hybridized carbons (Fsp3) is 0.308. The van der Waals surface area contributed by atoms with Crippen LogP contribution in [0.15, 0.2) is 42.0 Å². The van der Waals surface area contributed by atoms with Crippen LogP contribution in [0.1, 0.15) is 26.3 Å². The molecule has 0 aliphatic carbocycles. The molecular formula is C13H16S. The van der Waals surface area contributed by atoms with Crippen molar-refractivity contribution >= 4 is 17.1 Å². The first-order valence-electron chi connectivity index (χ1n) is 4.89. The van der Waals surface area contributed by atoms with Crippen molar-refractivity contribution in [2.45, 2.75) is 20.8 Å². The van der Waals surface area contributed by atoms with Gasteiger partial charge in [0.05, 0.1) is 0 Å². The maximum absolute atomic E-state index is 5.34. The highest BCUT2D eigenvalue weighted by Gasteiger charge is 2.00. The van der Waals surface area contributed by atoms with Crippen LogP contribution in [0.3, 0.4) is 0 Å². The fourth-order valence-corrected chi connectivity index (χ4v) is 1.38. The van der Waals surface area contributed by atoms with Gasteiger partial charge in [-0.3, -0.25) is 0 Å². The van der Waals surface area contributed by atoms with Crippen molar-refractivity contribution in [2.75, 3.05) is 0 Å². The third-order valence-corrected chi connectivity index (χ3v) is 2.68. The second-order valence-corrected chi connectivity index (χ2v) is 4.21. The second kappa shape index (κ2) is 5.06. The van der Waals surface area contributed by atoms with E-state index in [0.717, 1.165) is 10.4 Å². The maximum atomic E-state index is 5.34. The maximum Gasteiger partial charge on any atom is 0.0449 e. The van der Waals surface area contributed by atoms with E-state index in [1.54, 1.807) is 0 Å². The van der Waals surface area contributed by atoms with Gasteiger partial charge in [-0.2, -0.15) is 0 Å². The Morgan fingerprint density at radius 2 is 1.79 bits per heavy atom. The number of allylic oxidation sites excluding steroid dienone is 2. The Morgan fingerprint density at radius 1 is 1.21 bits per heavy atom. The molecule has 0 aromatic heterocycles. The molecule has 0 aliphatic rings. The Labute approximate surface area is 91.7 Å². The summed E-state index contributed by atoms with van der Waals surface area (Å²) in [5.74, 6) is 0.566. The van der Waals surface area contributed by atoms with Gasteiger partial charge < -0.3 is 0 Å². The van der Waals surface area contributed by atoms with Crippen LogP contribution in [-0.4, -0.2) is 4.86 Å². The van der Waals surface area contributed by atoms with Crippen molar-refractivity contribution < 1.29 is 0 Å². The number of benzene rings is 1. The highest BCUT2D eigenvalue weighted by molar-refractivity contribution is 7.81. The van der Waals surface area contributed by atoms with Crippen molar-refractivity contribution in [3.05, 3.63) is 47.5 Å². The Kier molecular flexibility index (Phi) is 4.02. The summed E-state index contributed by atoms with van der Waals surface area (Å²) in [4.78, 5) is 0.928. The average molecular weight is 204 g/mol. The smallest absolute Gasteiger partial charge is 0.0449 e. The molecule has 1 heteroatoms. The van der Waals surface area contributed by atoms with Crippen LogP contribution in [0.5, 0.6) is 0 Å². The summed E-state index contributed by atoms with van der Waals surface area (Å²) in [7, 11) is 0. The lowest BCUT2D eigenvalue weighted by Crippen LogP contribution is -1.96. The molecule has 1 aromatic rings. The summed E-state index contributed by atoms with van der Waals surface area (Å²) in [6, 6.07) is 10.1. The summed E-state index contributed by atoms with van der Waals surface area (Å²) in [5, 5.41) is 0. The molecule has 0 heterocycles. The van der Waals surface area contributed by atoms with Gasteiger partial charge in [0.15, 0.2) is 0 Å². The molecule has 0 saturated carbocycles. The highest BCUT2D eigenvalue weighted by atomic mass is 32.1. The molecule has 0 N–H and O–H groups in total. The van der Waals surface area contributed by atoms with Crippen LogP contribution in [-0.2, 0) is 0 Å². The molecule has 1 rings (SSSR count). The molecular weight excluding hydrogens is 188 g/mol. The Bertz CT molecular complexity index is 334. The molecule has 0 bridgehead atoms. The third kappa shape index (κ3) is 3.08. The zero-order chi connectivity index (χ0) is 10.6. The van der Waals surface area contributed by atoms with Crippen LogP contribution >= 0.6 is 12.2 Å². The Morgan fingerprint density at radius 3 is 2.29 bits per heavy atom. The van der Waals surface area contributed by atoms with Gasteiger partial charge in [0, 0.05) is 4.86 Å². The van der Waals surface area contributed by atoms with Crippen LogP contribution in [0.2, 0.25) is 0 Å². The normalized spacial score (nSPS) is 11.9. The van der Waals surface area contributed by atoms with Crippen LogP contribution in [0.4, 0.5) is 0 Å². The van der Waals surface area contributed by atoms with Gasteiger partial charge in [-0.1, -0.05) is 62.0 Å². The zero-order valence-corrected chi connectivity index (χ0v) is 9.77. The van der Waals surface area contributed by atoms with E-state index in [2.05, 4.69) is 26.8 Å². The second-order valence-electron chi connectivity index (χ2n) is 3.77. The quantitative estimate of drug-likeness (QED) is 0.407. The lowest BCUT2D eigenvalue weighted by Gasteiger charge is -2.05. The number of thiocarbonyl (C=S) groups is 1. The standard InChI is InChI=1S/C13H16S/c1-10(2)11(3)9-13(14)12-7-5-4-6-8-12/h4-10H,1-3H3. The lowest BCUT2D eigenvalue weighted by atomic mass is 10.0. The van der Waals surface area contributed by atoms with E-state index in [9.17, 15) is 0 Å². The van der Waals surface area contributed by atoms with Gasteiger partial charge in [0.25, 0.3) is 0 Å². The molecule has 0 atom stereocenters. The summed E-state index contributed by atoms with van der Waals surface area (Å²) < 4.78 is 0. The summed E-state index contributed by atoms with van der Waals surface area (Å²) in [5.41, 5.74) is 2.46. The molecule has 74 valence electrons. The molecule has 0 radical (unpaired) electrons. The zero-order valence-electron chi connectivity index (χ0n) is 8.95. The Hall–Kier alpha value is -0.950. The van der Waals surface area contributed by atoms with E-state index in [1.165, 1.54) is 5.57 Å². The van der Waals surface area contributed by atoms with Crippen LogP contribution < -0.4 is 0 Å². The summed E-state index contributed by atoms with van der Waals surface area (Å²) in [6.07, 6.45) is 2.09. The highest BCUT2D eigenvalue weighted by Crippen LogP contribution is 2.11. The van der Waals surface area contributed by atoms with Gasteiger partial charge >= 0.3 is 0 Å². The number of hydrogen-bond acceptors (Lipinski definition) is 1. The molecule has 0 nitrogen and oxygen atoms in total. The van der Waals surface area contributed by atoms with E-state index in [1.807, 2.05) is 30.3 Å². The molecule has 0 aliphatic heterocycles. The fourth-order valence-electron chi connectivity index (χ4n) is 1.06. The number of hydrogen-bond donors (Lipinski definition) is 0. The van der Waals surface area contributed by atoms with Crippen LogP contribution in [0.25, 0.3) is 0 Å². The Balaban J connectivity index is 2.83. The third-order valence-electron chi connectivity index (χ3n) is 2.33. The van der Waals surface area contributed by atoms with Crippen molar-refractivity contribution in [1.82, 2.24) is 0 Å². The van der Waals surface area contributed by atoms with E-state index >= 15 is 0 Å². The minimum absolute atomic E-state index is 0.566. The lowest BCUT2D eigenvalue weighted by molar-refractivity contribution is 0.771. The number of rotatable bonds is 3. The average Bonchev–Trinajstić information content (AvgIpc) is 2.19.